The van der Waals surface area contributed by atoms with Gasteiger partial charge < -0.3 is 5.32 Å². The molecule has 1 aromatic carbocycles. The highest BCUT2D eigenvalue weighted by atomic mass is 32.1. The van der Waals surface area contributed by atoms with E-state index >= 15 is 0 Å². The lowest BCUT2D eigenvalue weighted by Crippen LogP contribution is -2.31. The second-order valence-electron chi connectivity index (χ2n) is 5.90. The van der Waals surface area contributed by atoms with Crippen molar-refractivity contribution in [1.29, 1.82) is 0 Å². The second-order valence-corrected chi connectivity index (χ2v) is 6.46. The van der Waals surface area contributed by atoms with Crippen LogP contribution < -0.4 is 5.32 Å². The van der Waals surface area contributed by atoms with E-state index in [1.54, 1.807) is 0 Å². The number of hydrogen-bond acceptors (Lipinski definition) is 5. The van der Waals surface area contributed by atoms with E-state index in [0.717, 1.165) is 43.1 Å². The van der Waals surface area contributed by atoms with Crippen LogP contribution >= 0.6 is 11.7 Å². The molecule has 0 radical (unpaired) electrons. The van der Waals surface area contributed by atoms with Crippen LogP contribution in [0.5, 0.6) is 0 Å². The van der Waals surface area contributed by atoms with E-state index in [4.69, 9.17) is 0 Å². The van der Waals surface area contributed by atoms with Gasteiger partial charge in [0.05, 0.1) is 36.7 Å². The van der Waals surface area contributed by atoms with Crippen molar-refractivity contribution in [2.24, 2.45) is 0 Å². The zero-order valence-corrected chi connectivity index (χ0v) is 13.9. The summed E-state index contributed by atoms with van der Waals surface area (Å²) < 4.78 is 9.93. The standard InChI is InChI=1S/C17H17N5OS/c23-17(15-10-19-24-21-15)20-14-7-4-8-16-13(14)9-18-22(16)11-12-5-2-1-3-6-12/h1-3,5-6,9-10,14H,4,7-8,11H2,(H,20,23). The van der Waals surface area contributed by atoms with Gasteiger partial charge in [0.15, 0.2) is 5.69 Å². The van der Waals surface area contributed by atoms with Crippen molar-refractivity contribution in [3.8, 4) is 0 Å². The van der Waals surface area contributed by atoms with Crippen LogP contribution in [0.1, 0.15) is 46.2 Å². The monoisotopic (exact) mass is 339 g/mol. The van der Waals surface area contributed by atoms with Crippen molar-refractivity contribution < 1.29 is 4.79 Å². The fraction of sp³-hybridized carbons (Fsp3) is 0.294. The maximum Gasteiger partial charge on any atom is 0.273 e. The van der Waals surface area contributed by atoms with Gasteiger partial charge in [0.25, 0.3) is 5.91 Å². The molecular formula is C17H17N5OS. The predicted octanol–water partition coefficient (Wildman–Crippen LogP) is 2.59. The molecule has 6 nitrogen and oxygen atoms in total. The highest BCUT2D eigenvalue weighted by Crippen LogP contribution is 2.30. The SMILES string of the molecule is O=C(NC1CCCc2c1cnn2Cc1ccccc1)c1cnsn1. The number of amides is 1. The molecule has 4 rings (SSSR count). The molecule has 1 aliphatic rings. The lowest BCUT2D eigenvalue weighted by atomic mass is 9.93. The Bertz CT molecular complexity index is 828. The molecule has 0 aliphatic heterocycles. The molecule has 2 heterocycles. The maximum atomic E-state index is 12.2. The lowest BCUT2D eigenvalue weighted by Gasteiger charge is -2.24. The topological polar surface area (TPSA) is 72.7 Å². The highest BCUT2D eigenvalue weighted by molar-refractivity contribution is 6.99. The molecular weight excluding hydrogens is 322 g/mol. The maximum absolute atomic E-state index is 12.2. The third-order valence-electron chi connectivity index (χ3n) is 4.34. The smallest absolute Gasteiger partial charge is 0.273 e. The van der Waals surface area contributed by atoms with E-state index in [2.05, 4.69) is 31.3 Å². The largest absolute Gasteiger partial charge is 0.344 e. The normalized spacial score (nSPS) is 16.6. The second kappa shape index (κ2) is 6.52. The minimum atomic E-state index is -0.169. The first-order chi connectivity index (χ1) is 11.8. The van der Waals surface area contributed by atoms with Crippen LogP contribution in [0.3, 0.4) is 0 Å². The van der Waals surface area contributed by atoms with E-state index in [1.807, 2.05) is 29.1 Å². The average Bonchev–Trinajstić information content (AvgIpc) is 3.27. The first-order valence-electron chi connectivity index (χ1n) is 7.98. The Morgan fingerprint density at radius 2 is 2.17 bits per heavy atom. The Morgan fingerprint density at radius 3 is 2.96 bits per heavy atom. The molecule has 0 saturated carbocycles. The van der Waals surface area contributed by atoms with Crippen molar-refractivity contribution >= 4 is 17.6 Å². The van der Waals surface area contributed by atoms with Gasteiger partial charge in [-0.05, 0) is 24.8 Å². The summed E-state index contributed by atoms with van der Waals surface area (Å²) in [7, 11) is 0. The molecule has 7 heteroatoms. The summed E-state index contributed by atoms with van der Waals surface area (Å²) in [5, 5.41) is 7.62. The van der Waals surface area contributed by atoms with Crippen LogP contribution in [-0.2, 0) is 13.0 Å². The summed E-state index contributed by atoms with van der Waals surface area (Å²) in [6.45, 7) is 0.757. The van der Waals surface area contributed by atoms with Crippen molar-refractivity contribution in [2.45, 2.75) is 31.8 Å². The van der Waals surface area contributed by atoms with Gasteiger partial charge in [-0.25, -0.2) is 0 Å². The van der Waals surface area contributed by atoms with Crippen LogP contribution in [0.15, 0.2) is 42.7 Å². The molecule has 122 valence electrons. The van der Waals surface area contributed by atoms with Gasteiger partial charge in [-0.15, -0.1) is 0 Å². The van der Waals surface area contributed by atoms with Gasteiger partial charge in [-0.1, -0.05) is 30.3 Å². The van der Waals surface area contributed by atoms with Crippen LogP contribution in [0, 0.1) is 0 Å². The fourth-order valence-corrected chi connectivity index (χ4v) is 3.57. The summed E-state index contributed by atoms with van der Waals surface area (Å²) in [4.78, 5) is 12.2. The van der Waals surface area contributed by atoms with Gasteiger partial charge >= 0.3 is 0 Å². The summed E-state index contributed by atoms with van der Waals surface area (Å²) in [6, 6.07) is 10.3. The fourth-order valence-electron chi connectivity index (χ4n) is 3.16. The minimum Gasteiger partial charge on any atom is -0.344 e. The van der Waals surface area contributed by atoms with Crippen molar-refractivity contribution in [1.82, 2.24) is 23.8 Å². The number of hydrogen-bond donors (Lipinski definition) is 1. The van der Waals surface area contributed by atoms with Gasteiger partial charge in [-0.3, -0.25) is 9.48 Å². The molecule has 0 spiro atoms. The Balaban J connectivity index is 1.54. The van der Waals surface area contributed by atoms with Crippen molar-refractivity contribution in [2.75, 3.05) is 0 Å². The van der Waals surface area contributed by atoms with E-state index < -0.39 is 0 Å². The van der Waals surface area contributed by atoms with Gasteiger partial charge in [0, 0.05) is 11.3 Å². The third kappa shape index (κ3) is 2.94. The summed E-state index contributed by atoms with van der Waals surface area (Å²) in [6.07, 6.45) is 6.35. The minimum absolute atomic E-state index is 0.00697. The number of benzene rings is 1. The van der Waals surface area contributed by atoms with Gasteiger partial charge in [0.1, 0.15) is 0 Å². The molecule has 3 aromatic rings. The summed E-state index contributed by atoms with van der Waals surface area (Å²) in [5.74, 6) is -0.169. The Hall–Kier alpha value is -2.54. The van der Waals surface area contributed by atoms with E-state index in [-0.39, 0.29) is 11.9 Å². The average molecular weight is 339 g/mol. The molecule has 0 fully saturated rings. The molecule has 24 heavy (non-hydrogen) atoms. The predicted molar refractivity (Wildman–Crippen MR) is 90.8 cm³/mol. The van der Waals surface area contributed by atoms with Crippen LogP contribution in [-0.4, -0.2) is 24.4 Å². The molecule has 1 aliphatic carbocycles. The Morgan fingerprint density at radius 1 is 1.29 bits per heavy atom. The van der Waals surface area contributed by atoms with E-state index in [9.17, 15) is 4.79 Å². The number of fused-ring (bicyclic) bond motifs is 1. The Kier molecular flexibility index (Phi) is 4.08. The summed E-state index contributed by atoms with van der Waals surface area (Å²) >= 11 is 1.04. The quantitative estimate of drug-likeness (QED) is 0.793. The van der Waals surface area contributed by atoms with Crippen molar-refractivity contribution in [3.63, 3.8) is 0 Å². The molecule has 1 amide bonds. The van der Waals surface area contributed by atoms with E-state index in [0.29, 0.717) is 5.69 Å². The van der Waals surface area contributed by atoms with Crippen LogP contribution in [0.25, 0.3) is 0 Å². The number of aromatic nitrogens is 4. The number of rotatable bonds is 4. The van der Waals surface area contributed by atoms with Gasteiger partial charge in [-0.2, -0.15) is 13.8 Å². The van der Waals surface area contributed by atoms with Crippen LogP contribution in [0.2, 0.25) is 0 Å². The third-order valence-corrected chi connectivity index (χ3v) is 4.82. The molecule has 2 aromatic heterocycles. The zero-order chi connectivity index (χ0) is 16.4. The number of carbonyl (C=O) groups is 1. The molecule has 1 unspecified atom stereocenters. The van der Waals surface area contributed by atoms with Crippen molar-refractivity contribution in [3.05, 3.63) is 65.2 Å². The molecule has 1 atom stereocenters. The molecule has 0 saturated heterocycles. The Labute approximate surface area is 143 Å². The van der Waals surface area contributed by atoms with Crippen LogP contribution in [0.4, 0.5) is 0 Å². The lowest BCUT2D eigenvalue weighted by molar-refractivity contribution is 0.0928. The number of nitrogens with one attached hydrogen (secondary N) is 1. The highest BCUT2D eigenvalue weighted by Gasteiger charge is 2.26. The molecule has 1 N–H and O–H groups in total. The summed E-state index contributed by atoms with van der Waals surface area (Å²) in [5.41, 5.74) is 3.94. The first kappa shape index (κ1) is 15.0. The van der Waals surface area contributed by atoms with Gasteiger partial charge in [0.2, 0.25) is 0 Å². The number of nitrogens with zero attached hydrogens (tertiary/aromatic N) is 4. The molecule has 0 bridgehead atoms. The zero-order valence-electron chi connectivity index (χ0n) is 13.1. The number of carbonyl (C=O) groups excluding carboxylic acids is 1. The first-order valence-corrected chi connectivity index (χ1v) is 8.71. The van der Waals surface area contributed by atoms with E-state index in [1.165, 1.54) is 17.5 Å².